The maximum absolute atomic E-state index is 10.8. The minimum Gasteiger partial charge on any atom is -0.391 e. The number of aromatic nitrogens is 1. The molecule has 0 spiro atoms. The Labute approximate surface area is 172 Å². The number of non-ortho nitro benzene ring substituents is 1. The SMILES string of the molecule is Cc1cc(/C=N\OCc2cccc([N+](=O)[O-])c2)c(C)n1-c1cccc(Cl)c1Cl. The molecular formula is C20H17Cl2N3O3. The summed E-state index contributed by atoms with van der Waals surface area (Å²) in [6, 6.07) is 13.7. The monoisotopic (exact) mass is 417 g/mol. The second kappa shape index (κ2) is 8.46. The maximum atomic E-state index is 10.8. The van der Waals surface area contributed by atoms with Crippen LogP contribution in [0.5, 0.6) is 0 Å². The lowest BCUT2D eigenvalue weighted by Crippen LogP contribution is -2.00. The highest BCUT2D eigenvalue weighted by molar-refractivity contribution is 6.43. The highest BCUT2D eigenvalue weighted by Crippen LogP contribution is 2.31. The fourth-order valence-electron chi connectivity index (χ4n) is 2.92. The van der Waals surface area contributed by atoms with Gasteiger partial charge in [-0.15, -0.1) is 0 Å². The average Bonchev–Trinajstić information content (AvgIpc) is 2.95. The first-order valence-corrected chi connectivity index (χ1v) is 9.16. The molecule has 0 amide bonds. The van der Waals surface area contributed by atoms with E-state index in [1.165, 1.54) is 12.1 Å². The molecule has 0 saturated carbocycles. The number of oxime groups is 1. The Kier molecular flexibility index (Phi) is 6.02. The van der Waals surface area contributed by atoms with Crippen molar-refractivity contribution in [3.63, 3.8) is 0 Å². The van der Waals surface area contributed by atoms with Gasteiger partial charge < -0.3 is 9.40 Å². The van der Waals surface area contributed by atoms with Crippen LogP contribution < -0.4 is 0 Å². The van der Waals surface area contributed by atoms with Crippen LogP contribution in [0.3, 0.4) is 0 Å². The molecule has 2 aromatic carbocycles. The van der Waals surface area contributed by atoms with Crippen molar-refractivity contribution in [2.24, 2.45) is 5.16 Å². The van der Waals surface area contributed by atoms with Crippen LogP contribution in [0, 0.1) is 24.0 Å². The molecule has 28 heavy (non-hydrogen) atoms. The van der Waals surface area contributed by atoms with Crippen molar-refractivity contribution in [2.75, 3.05) is 0 Å². The number of nitrogens with zero attached hydrogens (tertiary/aromatic N) is 3. The molecule has 0 atom stereocenters. The predicted molar refractivity (Wildman–Crippen MR) is 111 cm³/mol. The average molecular weight is 418 g/mol. The standard InChI is InChI=1S/C20H17Cl2N3O3/c1-13-9-16(14(2)24(13)19-8-4-7-18(21)20(19)22)11-23-28-12-15-5-3-6-17(10-15)25(26)27/h3-11H,12H2,1-2H3/b23-11-. The first-order valence-electron chi connectivity index (χ1n) is 8.40. The number of nitro benzene ring substituents is 1. The van der Waals surface area contributed by atoms with Crippen LogP contribution in [-0.2, 0) is 11.4 Å². The van der Waals surface area contributed by atoms with Gasteiger partial charge >= 0.3 is 0 Å². The fraction of sp³-hybridized carbons (Fsp3) is 0.150. The van der Waals surface area contributed by atoms with E-state index < -0.39 is 4.92 Å². The summed E-state index contributed by atoms with van der Waals surface area (Å²) in [5.74, 6) is 0. The number of hydrogen-bond donors (Lipinski definition) is 0. The van der Waals surface area contributed by atoms with E-state index in [1.54, 1.807) is 24.4 Å². The molecule has 0 radical (unpaired) electrons. The highest BCUT2D eigenvalue weighted by Gasteiger charge is 2.13. The molecule has 0 aliphatic carbocycles. The van der Waals surface area contributed by atoms with Gasteiger partial charge in [0, 0.05) is 29.1 Å². The summed E-state index contributed by atoms with van der Waals surface area (Å²) in [6.07, 6.45) is 1.61. The number of halogens is 2. The topological polar surface area (TPSA) is 69.7 Å². The van der Waals surface area contributed by atoms with Crippen molar-refractivity contribution < 1.29 is 9.76 Å². The van der Waals surface area contributed by atoms with E-state index in [1.807, 2.05) is 36.6 Å². The van der Waals surface area contributed by atoms with Crippen molar-refractivity contribution in [3.8, 4) is 5.69 Å². The largest absolute Gasteiger partial charge is 0.391 e. The van der Waals surface area contributed by atoms with E-state index >= 15 is 0 Å². The molecule has 6 nitrogen and oxygen atoms in total. The Morgan fingerprint density at radius 3 is 2.68 bits per heavy atom. The molecule has 8 heteroatoms. The molecule has 144 valence electrons. The summed E-state index contributed by atoms with van der Waals surface area (Å²) in [6.45, 7) is 4.05. The van der Waals surface area contributed by atoms with Gasteiger partial charge in [0.2, 0.25) is 0 Å². The lowest BCUT2D eigenvalue weighted by Gasteiger charge is -2.12. The van der Waals surface area contributed by atoms with Crippen LogP contribution >= 0.6 is 23.2 Å². The minimum atomic E-state index is -0.442. The number of benzene rings is 2. The van der Waals surface area contributed by atoms with Crippen molar-refractivity contribution in [1.82, 2.24) is 4.57 Å². The summed E-state index contributed by atoms with van der Waals surface area (Å²) in [7, 11) is 0. The molecule has 0 unspecified atom stereocenters. The van der Waals surface area contributed by atoms with Crippen molar-refractivity contribution in [3.05, 3.63) is 91.2 Å². The third kappa shape index (κ3) is 4.18. The van der Waals surface area contributed by atoms with Gasteiger partial charge in [-0.25, -0.2) is 0 Å². The van der Waals surface area contributed by atoms with Crippen LogP contribution in [0.15, 0.2) is 53.7 Å². The molecule has 0 aliphatic rings. The number of rotatable bonds is 6. The zero-order valence-corrected chi connectivity index (χ0v) is 16.7. The Hall–Kier alpha value is -2.83. The summed E-state index contributed by atoms with van der Waals surface area (Å²) in [5.41, 5.74) is 4.26. The van der Waals surface area contributed by atoms with Gasteiger partial charge in [0.05, 0.1) is 26.9 Å². The molecule has 0 fully saturated rings. The summed E-state index contributed by atoms with van der Waals surface area (Å²) < 4.78 is 2.00. The van der Waals surface area contributed by atoms with Crippen LogP contribution in [0.2, 0.25) is 10.0 Å². The zero-order valence-electron chi connectivity index (χ0n) is 15.2. The minimum absolute atomic E-state index is 0.0204. The first-order chi connectivity index (χ1) is 13.4. The number of hydrogen-bond acceptors (Lipinski definition) is 4. The van der Waals surface area contributed by atoms with E-state index in [0.29, 0.717) is 15.6 Å². The summed E-state index contributed by atoms with van der Waals surface area (Å²) in [5, 5.41) is 15.8. The molecular weight excluding hydrogens is 401 g/mol. The van der Waals surface area contributed by atoms with Crippen molar-refractivity contribution in [1.29, 1.82) is 0 Å². The van der Waals surface area contributed by atoms with Gasteiger partial charge in [0.15, 0.2) is 0 Å². The Morgan fingerprint density at radius 1 is 1.18 bits per heavy atom. The van der Waals surface area contributed by atoms with Gasteiger partial charge in [0.25, 0.3) is 5.69 Å². The van der Waals surface area contributed by atoms with Crippen LogP contribution in [0.1, 0.15) is 22.5 Å². The van der Waals surface area contributed by atoms with E-state index in [2.05, 4.69) is 5.16 Å². The Morgan fingerprint density at radius 2 is 1.93 bits per heavy atom. The molecule has 0 bridgehead atoms. The van der Waals surface area contributed by atoms with E-state index in [0.717, 1.165) is 22.6 Å². The fourth-order valence-corrected chi connectivity index (χ4v) is 3.30. The quantitative estimate of drug-likeness (QED) is 0.286. The van der Waals surface area contributed by atoms with Gasteiger partial charge in [-0.3, -0.25) is 10.1 Å². The molecule has 1 aromatic heterocycles. The molecule has 0 saturated heterocycles. The van der Waals surface area contributed by atoms with E-state index in [4.69, 9.17) is 28.0 Å². The van der Waals surface area contributed by atoms with Crippen LogP contribution in [0.4, 0.5) is 5.69 Å². The van der Waals surface area contributed by atoms with Gasteiger partial charge in [0.1, 0.15) is 6.61 Å². The van der Waals surface area contributed by atoms with E-state index in [-0.39, 0.29) is 12.3 Å². The molecule has 0 N–H and O–H groups in total. The molecule has 1 heterocycles. The Balaban J connectivity index is 1.76. The predicted octanol–water partition coefficient (Wildman–Crippen LogP) is 5.86. The summed E-state index contributed by atoms with van der Waals surface area (Å²) in [4.78, 5) is 15.7. The molecule has 3 aromatic rings. The first kappa shape index (κ1) is 19.9. The second-order valence-corrected chi connectivity index (χ2v) is 6.95. The lowest BCUT2D eigenvalue weighted by atomic mass is 10.2. The third-order valence-corrected chi connectivity index (χ3v) is 5.07. The van der Waals surface area contributed by atoms with Gasteiger partial charge in [-0.2, -0.15) is 0 Å². The lowest BCUT2D eigenvalue weighted by molar-refractivity contribution is -0.384. The van der Waals surface area contributed by atoms with Crippen LogP contribution in [0.25, 0.3) is 5.69 Å². The zero-order chi connectivity index (χ0) is 20.3. The normalized spacial score (nSPS) is 11.1. The van der Waals surface area contributed by atoms with Crippen molar-refractivity contribution in [2.45, 2.75) is 20.5 Å². The molecule has 0 aliphatic heterocycles. The second-order valence-electron chi connectivity index (χ2n) is 6.17. The van der Waals surface area contributed by atoms with Crippen LogP contribution in [-0.4, -0.2) is 15.7 Å². The summed E-state index contributed by atoms with van der Waals surface area (Å²) >= 11 is 12.5. The maximum Gasteiger partial charge on any atom is 0.269 e. The van der Waals surface area contributed by atoms with Gasteiger partial charge in [-0.1, -0.05) is 46.6 Å². The third-order valence-electron chi connectivity index (χ3n) is 4.26. The smallest absolute Gasteiger partial charge is 0.269 e. The molecule has 3 rings (SSSR count). The number of nitro groups is 1. The highest BCUT2D eigenvalue weighted by atomic mass is 35.5. The van der Waals surface area contributed by atoms with E-state index in [9.17, 15) is 10.1 Å². The Bertz CT molecular complexity index is 1060. The number of aryl methyl sites for hydroxylation is 1. The van der Waals surface area contributed by atoms with Crippen molar-refractivity contribution >= 4 is 35.1 Å². The van der Waals surface area contributed by atoms with Gasteiger partial charge in [-0.05, 0) is 37.6 Å².